The Bertz CT molecular complexity index is 3340. The molecule has 2 aromatic heterocycles. The molecule has 0 atom stereocenters. The second-order valence-electron chi connectivity index (χ2n) is 12.2. The highest BCUT2D eigenvalue weighted by molar-refractivity contribution is 7.26. The van der Waals surface area contributed by atoms with E-state index in [0.717, 1.165) is 52.5 Å². The molecule has 240 valence electrons. The Labute approximate surface area is 317 Å². The number of rotatable bonds is 6. The Kier molecular flexibility index (Phi) is 5.34. The molecule has 0 saturated heterocycles. The summed E-state index contributed by atoms with van der Waals surface area (Å²) in [6.45, 7) is 0. The zero-order chi connectivity index (χ0) is 41.6. The van der Waals surface area contributed by atoms with Crippen LogP contribution < -0.4 is 4.90 Å². The SMILES string of the molecule is [2H]c1c([2H])c([2H])c(-c2c([2H])c([2H])c(N(c3cc(-c4ccccc4)cc(-c4cccc5c4sc4ccccc45)c3)c3cccc4c3sc3ccccc34)c([2H])c2[2H])c([2H])c1[2H]. The average molecular weight is 695 g/mol. The predicted molar refractivity (Wildman–Crippen MR) is 223 cm³/mol. The summed E-state index contributed by atoms with van der Waals surface area (Å²) in [5, 5.41) is 4.32. The summed E-state index contributed by atoms with van der Waals surface area (Å²) in [5.41, 5.74) is 4.16. The van der Waals surface area contributed by atoms with E-state index in [1.807, 2.05) is 84.9 Å². The highest BCUT2D eigenvalue weighted by Crippen LogP contribution is 2.47. The van der Waals surface area contributed by atoms with E-state index >= 15 is 0 Å². The average Bonchev–Trinajstić information content (AvgIpc) is 3.86. The molecule has 0 N–H and O–H groups in total. The molecule has 1 nitrogen and oxygen atoms in total. The first-order valence-electron chi connectivity index (χ1n) is 21.0. The molecule has 10 aromatic rings. The van der Waals surface area contributed by atoms with E-state index in [2.05, 4.69) is 48.5 Å². The van der Waals surface area contributed by atoms with Crippen LogP contribution in [0, 0.1) is 0 Å². The van der Waals surface area contributed by atoms with Crippen molar-refractivity contribution in [2.45, 2.75) is 0 Å². The lowest BCUT2D eigenvalue weighted by Crippen LogP contribution is -2.10. The Balaban J connectivity index is 1.31. The van der Waals surface area contributed by atoms with E-state index in [1.165, 1.54) is 10.1 Å². The van der Waals surface area contributed by atoms with E-state index in [-0.39, 0.29) is 16.8 Å². The number of hydrogen-bond donors (Lipinski definition) is 0. The second-order valence-corrected chi connectivity index (χ2v) is 14.3. The van der Waals surface area contributed by atoms with Gasteiger partial charge in [0.1, 0.15) is 0 Å². The van der Waals surface area contributed by atoms with Gasteiger partial charge in [-0.15, -0.1) is 22.7 Å². The lowest BCUT2D eigenvalue weighted by Gasteiger charge is -2.27. The van der Waals surface area contributed by atoms with Gasteiger partial charge in [-0.05, 0) is 81.9 Å². The zero-order valence-electron chi connectivity index (χ0n) is 36.0. The highest BCUT2D eigenvalue weighted by Gasteiger charge is 2.21. The first-order valence-corrected chi connectivity index (χ1v) is 18.2. The molecule has 0 bridgehead atoms. The molecule has 0 spiro atoms. The van der Waals surface area contributed by atoms with Crippen LogP contribution in [0.4, 0.5) is 17.1 Å². The molecule has 51 heavy (non-hydrogen) atoms. The molecule has 0 unspecified atom stereocenters. The summed E-state index contributed by atoms with van der Waals surface area (Å²) in [7, 11) is 0. The number of thiophene rings is 2. The lowest BCUT2D eigenvalue weighted by molar-refractivity contribution is 1.30. The molecule has 0 fully saturated rings. The van der Waals surface area contributed by atoms with Crippen molar-refractivity contribution in [3.05, 3.63) is 188 Å². The van der Waals surface area contributed by atoms with Crippen LogP contribution in [0.5, 0.6) is 0 Å². The maximum atomic E-state index is 9.68. The third-order valence-electron chi connectivity index (χ3n) is 9.21. The van der Waals surface area contributed by atoms with Crippen molar-refractivity contribution in [2.24, 2.45) is 0 Å². The van der Waals surface area contributed by atoms with E-state index in [0.29, 0.717) is 11.4 Å². The summed E-state index contributed by atoms with van der Waals surface area (Å²) in [4.78, 5) is 1.80. The molecule has 3 heteroatoms. The minimum Gasteiger partial charge on any atom is -0.309 e. The molecular weight excluding hydrogens is 655 g/mol. The Morgan fingerprint density at radius 3 is 1.73 bits per heavy atom. The maximum Gasteiger partial charge on any atom is 0.0645 e. The van der Waals surface area contributed by atoms with Gasteiger partial charge in [0, 0.05) is 47.0 Å². The zero-order valence-corrected chi connectivity index (χ0v) is 28.6. The number of nitrogens with zero attached hydrogens (tertiary/aromatic N) is 1. The molecule has 0 aliphatic carbocycles. The van der Waals surface area contributed by atoms with Crippen LogP contribution in [0.15, 0.2) is 188 Å². The van der Waals surface area contributed by atoms with Gasteiger partial charge >= 0.3 is 0 Å². The van der Waals surface area contributed by atoms with Gasteiger partial charge in [-0.3, -0.25) is 0 Å². The van der Waals surface area contributed by atoms with Gasteiger partial charge in [-0.25, -0.2) is 0 Å². The van der Waals surface area contributed by atoms with Crippen LogP contribution in [0.1, 0.15) is 12.3 Å². The monoisotopic (exact) mass is 694 g/mol. The fourth-order valence-electron chi connectivity index (χ4n) is 6.88. The Hall–Kier alpha value is -6.00. The van der Waals surface area contributed by atoms with Crippen LogP contribution in [-0.2, 0) is 0 Å². The molecule has 0 aliphatic heterocycles. The standard InChI is InChI=1S/C48H31NS2/c1-3-13-32(14-4-1)34-25-27-37(28-26-34)49(44-22-12-21-43-41-18-8-10-24-46(41)51-48(43)44)38-30-35(33-15-5-2-6-16-33)29-36(31-38)39-19-11-20-42-40-17-7-9-23-45(40)50-47(39)42/h1-31H/i1D,3D,4D,13D,14D,25D,26D,27D,28D. The molecule has 2 heterocycles. The minimum atomic E-state index is -0.621. The van der Waals surface area contributed by atoms with Crippen LogP contribution in [0.2, 0.25) is 0 Å². The first kappa shape index (κ1) is 22.0. The Morgan fingerprint density at radius 2 is 0.980 bits per heavy atom. The summed E-state index contributed by atoms with van der Waals surface area (Å²) in [5.74, 6) is 0. The van der Waals surface area contributed by atoms with Crippen molar-refractivity contribution < 1.29 is 12.3 Å². The normalized spacial score (nSPS) is 14.0. The lowest BCUT2D eigenvalue weighted by atomic mass is 9.96. The molecule has 8 aromatic carbocycles. The summed E-state index contributed by atoms with van der Waals surface area (Å²) < 4.78 is 84.6. The molecule has 0 amide bonds. The summed E-state index contributed by atoms with van der Waals surface area (Å²) >= 11 is 3.29. The molecule has 0 aliphatic rings. The molecule has 0 saturated carbocycles. The van der Waals surface area contributed by atoms with Gasteiger partial charge < -0.3 is 4.90 Å². The molecule has 10 rings (SSSR count). The third-order valence-corrected chi connectivity index (χ3v) is 11.6. The van der Waals surface area contributed by atoms with Crippen LogP contribution >= 0.6 is 22.7 Å². The number of hydrogen-bond acceptors (Lipinski definition) is 3. The Morgan fingerprint density at radius 1 is 0.392 bits per heavy atom. The van der Waals surface area contributed by atoms with Gasteiger partial charge in [0.25, 0.3) is 0 Å². The number of benzene rings is 8. The fraction of sp³-hybridized carbons (Fsp3) is 0. The van der Waals surface area contributed by atoms with E-state index in [4.69, 9.17) is 6.85 Å². The van der Waals surface area contributed by atoms with Crippen molar-refractivity contribution in [3.8, 4) is 33.4 Å². The molecular formula is C48H31NS2. The second kappa shape index (κ2) is 12.4. The van der Waals surface area contributed by atoms with Crippen LogP contribution in [0.25, 0.3) is 73.7 Å². The van der Waals surface area contributed by atoms with Gasteiger partial charge in [0.2, 0.25) is 0 Å². The smallest absolute Gasteiger partial charge is 0.0645 e. The van der Waals surface area contributed by atoms with Crippen molar-refractivity contribution in [1.82, 2.24) is 0 Å². The predicted octanol–water partition coefficient (Wildman–Crippen LogP) is 14.9. The molecule has 0 radical (unpaired) electrons. The third kappa shape index (κ3) is 5.21. The van der Waals surface area contributed by atoms with Gasteiger partial charge in [0.15, 0.2) is 0 Å². The number of anilines is 3. The van der Waals surface area contributed by atoms with Gasteiger partial charge in [-0.1, -0.05) is 139 Å². The van der Waals surface area contributed by atoms with Crippen LogP contribution in [-0.4, -0.2) is 0 Å². The topological polar surface area (TPSA) is 3.24 Å². The highest BCUT2D eigenvalue weighted by atomic mass is 32.1. The number of fused-ring (bicyclic) bond motifs is 6. The summed E-state index contributed by atoms with van der Waals surface area (Å²) in [6, 6.07) is 39.9. The maximum absolute atomic E-state index is 9.68. The minimum absolute atomic E-state index is 0.0395. The van der Waals surface area contributed by atoms with E-state index < -0.39 is 54.4 Å². The largest absolute Gasteiger partial charge is 0.309 e. The van der Waals surface area contributed by atoms with E-state index in [9.17, 15) is 5.48 Å². The van der Waals surface area contributed by atoms with Crippen molar-refractivity contribution in [1.29, 1.82) is 0 Å². The van der Waals surface area contributed by atoms with Crippen LogP contribution in [0.3, 0.4) is 0 Å². The quantitative estimate of drug-likeness (QED) is 0.167. The first-order chi connectivity index (χ1) is 29.0. The van der Waals surface area contributed by atoms with Crippen molar-refractivity contribution in [3.63, 3.8) is 0 Å². The van der Waals surface area contributed by atoms with Crippen molar-refractivity contribution in [2.75, 3.05) is 4.90 Å². The van der Waals surface area contributed by atoms with Crippen molar-refractivity contribution >= 4 is 80.1 Å². The summed E-state index contributed by atoms with van der Waals surface area (Å²) in [6.07, 6.45) is 0. The van der Waals surface area contributed by atoms with Gasteiger partial charge in [0.05, 0.1) is 22.7 Å². The fourth-order valence-corrected chi connectivity index (χ4v) is 9.33. The van der Waals surface area contributed by atoms with E-state index in [1.54, 1.807) is 27.6 Å². The van der Waals surface area contributed by atoms with Gasteiger partial charge in [-0.2, -0.15) is 0 Å².